The summed E-state index contributed by atoms with van der Waals surface area (Å²) >= 11 is 6.07. The standard InChI is InChI=1S/C20H20ClN3O/c21-17-2-1-3-18(14-17)23-8-10-24(11-9-23)20(25)13-15-4-5-19-16(12-15)6-7-22-19/h1-7,12,14,22H,8-11,13H2. The summed E-state index contributed by atoms with van der Waals surface area (Å²) in [5, 5.41) is 1.90. The van der Waals surface area contributed by atoms with E-state index in [0.717, 1.165) is 53.4 Å². The largest absolute Gasteiger partial charge is 0.368 e. The molecule has 0 bridgehead atoms. The van der Waals surface area contributed by atoms with E-state index in [1.165, 1.54) is 0 Å². The number of fused-ring (bicyclic) bond motifs is 1. The molecule has 1 aliphatic heterocycles. The highest BCUT2D eigenvalue weighted by molar-refractivity contribution is 6.30. The summed E-state index contributed by atoms with van der Waals surface area (Å²) in [6, 6.07) is 16.1. The maximum atomic E-state index is 12.6. The Balaban J connectivity index is 1.37. The molecular weight excluding hydrogens is 334 g/mol. The molecule has 1 N–H and O–H groups in total. The third-order valence-electron chi connectivity index (χ3n) is 4.78. The van der Waals surface area contributed by atoms with Gasteiger partial charge in [-0.1, -0.05) is 23.7 Å². The Morgan fingerprint density at radius 1 is 1.04 bits per heavy atom. The Morgan fingerprint density at radius 2 is 1.88 bits per heavy atom. The lowest BCUT2D eigenvalue weighted by Crippen LogP contribution is -2.49. The first-order valence-electron chi connectivity index (χ1n) is 8.53. The van der Waals surface area contributed by atoms with Crippen molar-refractivity contribution in [3.8, 4) is 0 Å². The number of hydrogen-bond donors (Lipinski definition) is 1. The summed E-state index contributed by atoms with van der Waals surface area (Å²) in [7, 11) is 0. The predicted octanol–water partition coefficient (Wildman–Crippen LogP) is 3.71. The lowest BCUT2D eigenvalue weighted by molar-refractivity contribution is -0.130. The van der Waals surface area contributed by atoms with Gasteiger partial charge >= 0.3 is 0 Å². The maximum Gasteiger partial charge on any atom is 0.227 e. The number of nitrogens with one attached hydrogen (secondary N) is 1. The Kier molecular flexibility index (Phi) is 4.36. The van der Waals surface area contributed by atoms with Crippen LogP contribution in [0.2, 0.25) is 5.02 Å². The topological polar surface area (TPSA) is 39.3 Å². The SMILES string of the molecule is O=C(Cc1ccc2[nH]ccc2c1)N1CCN(c2cccc(Cl)c2)CC1. The Bertz CT molecular complexity index is 897. The number of amides is 1. The van der Waals surface area contributed by atoms with Crippen molar-refractivity contribution >= 4 is 34.1 Å². The van der Waals surface area contributed by atoms with Gasteiger partial charge in [0.2, 0.25) is 5.91 Å². The second-order valence-electron chi connectivity index (χ2n) is 6.42. The molecule has 0 atom stereocenters. The van der Waals surface area contributed by atoms with Crippen LogP contribution in [0, 0.1) is 0 Å². The van der Waals surface area contributed by atoms with Gasteiger partial charge in [0.1, 0.15) is 0 Å². The number of H-pyrrole nitrogens is 1. The first-order chi connectivity index (χ1) is 12.2. The van der Waals surface area contributed by atoms with Gasteiger partial charge < -0.3 is 14.8 Å². The number of aromatic nitrogens is 1. The van der Waals surface area contributed by atoms with Crippen molar-refractivity contribution in [2.24, 2.45) is 0 Å². The van der Waals surface area contributed by atoms with E-state index in [-0.39, 0.29) is 5.91 Å². The molecule has 25 heavy (non-hydrogen) atoms. The monoisotopic (exact) mass is 353 g/mol. The number of carbonyl (C=O) groups is 1. The number of hydrogen-bond acceptors (Lipinski definition) is 2. The molecule has 4 rings (SSSR count). The molecular formula is C20H20ClN3O. The molecule has 4 nitrogen and oxygen atoms in total. The van der Waals surface area contributed by atoms with Crippen molar-refractivity contribution in [3.63, 3.8) is 0 Å². The quantitative estimate of drug-likeness (QED) is 0.779. The fraction of sp³-hybridized carbons (Fsp3) is 0.250. The zero-order chi connectivity index (χ0) is 17.2. The van der Waals surface area contributed by atoms with Crippen molar-refractivity contribution in [1.82, 2.24) is 9.88 Å². The summed E-state index contributed by atoms with van der Waals surface area (Å²) < 4.78 is 0. The van der Waals surface area contributed by atoms with Gasteiger partial charge in [-0.2, -0.15) is 0 Å². The third kappa shape index (κ3) is 3.49. The van der Waals surface area contributed by atoms with Crippen LogP contribution in [0.4, 0.5) is 5.69 Å². The van der Waals surface area contributed by atoms with Gasteiger partial charge in [-0.3, -0.25) is 4.79 Å². The predicted molar refractivity (Wildman–Crippen MR) is 102 cm³/mol. The van der Waals surface area contributed by atoms with E-state index in [0.29, 0.717) is 6.42 Å². The van der Waals surface area contributed by atoms with Crippen LogP contribution in [0.15, 0.2) is 54.7 Å². The molecule has 3 aromatic rings. The van der Waals surface area contributed by atoms with Gasteiger partial charge in [0.15, 0.2) is 0 Å². The van der Waals surface area contributed by atoms with Crippen LogP contribution in [0.1, 0.15) is 5.56 Å². The zero-order valence-electron chi connectivity index (χ0n) is 13.9. The zero-order valence-corrected chi connectivity index (χ0v) is 14.7. The number of halogens is 1. The highest BCUT2D eigenvalue weighted by atomic mass is 35.5. The van der Waals surface area contributed by atoms with Crippen LogP contribution >= 0.6 is 11.6 Å². The normalized spacial score (nSPS) is 14.9. The molecule has 0 unspecified atom stereocenters. The molecule has 1 amide bonds. The summed E-state index contributed by atoms with van der Waals surface area (Å²) in [5.41, 5.74) is 3.29. The lowest BCUT2D eigenvalue weighted by atomic mass is 10.1. The highest BCUT2D eigenvalue weighted by Gasteiger charge is 2.21. The summed E-state index contributed by atoms with van der Waals surface area (Å²) in [6.45, 7) is 3.17. The van der Waals surface area contributed by atoms with Crippen LogP contribution in [0.3, 0.4) is 0 Å². The van der Waals surface area contributed by atoms with Gasteiger partial charge in [0.25, 0.3) is 0 Å². The van der Waals surface area contributed by atoms with Gasteiger partial charge in [-0.05, 0) is 47.3 Å². The van der Waals surface area contributed by atoms with Gasteiger partial charge in [-0.15, -0.1) is 0 Å². The molecule has 128 valence electrons. The first-order valence-corrected chi connectivity index (χ1v) is 8.91. The minimum Gasteiger partial charge on any atom is -0.368 e. The molecule has 1 aromatic heterocycles. The molecule has 2 heterocycles. The molecule has 0 radical (unpaired) electrons. The van der Waals surface area contributed by atoms with Crippen molar-refractivity contribution in [1.29, 1.82) is 0 Å². The number of rotatable bonds is 3. The van der Waals surface area contributed by atoms with Gasteiger partial charge in [0.05, 0.1) is 6.42 Å². The number of nitrogens with zero attached hydrogens (tertiary/aromatic N) is 2. The number of anilines is 1. The molecule has 0 spiro atoms. The van der Waals surface area contributed by atoms with Crippen molar-refractivity contribution in [2.75, 3.05) is 31.1 Å². The van der Waals surface area contributed by atoms with Gasteiger partial charge in [0, 0.05) is 48.6 Å². The smallest absolute Gasteiger partial charge is 0.227 e. The number of benzene rings is 2. The molecule has 5 heteroatoms. The van der Waals surface area contributed by atoms with E-state index < -0.39 is 0 Å². The van der Waals surface area contributed by atoms with Crippen LogP contribution in [0.25, 0.3) is 10.9 Å². The highest BCUT2D eigenvalue weighted by Crippen LogP contribution is 2.21. The Hall–Kier alpha value is -2.46. The molecule has 2 aromatic carbocycles. The third-order valence-corrected chi connectivity index (χ3v) is 5.01. The second-order valence-corrected chi connectivity index (χ2v) is 6.86. The maximum absolute atomic E-state index is 12.6. The summed E-state index contributed by atoms with van der Waals surface area (Å²) in [4.78, 5) is 20.0. The average Bonchev–Trinajstić information content (AvgIpc) is 3.09. The van der Waals surface area contributed by atoms with Crippen molar-refractivity contribution in [3.05, 3.63) is 65.3 Å². The minimum atomic E-state index is 0.195. The fourth-order valence-corrected chi connectivity index (χ4v) is 3.57. The number of piperazine rings is 1. The summed E-state index contributed by atoms with van der Waals surface area (Å²) in [6.07, 6.45) is 2.38. The average molecular weight is 354 g/mol. The molecule has 0 saturated carbocycles. The second kappa shape index (κ2) is 6.81. The van der Waals surface area contributed by atoms with E-state index in [2.05, 4.69) is 22.0 Å². The van der Waals surface area contributed by atoms with Crippen molar-refractivity contribution < 1.29 is 4.79 Å². The molecule has 1 saturated heterocycles. The van der Waals surface area contributed by atoms with E-state index in [4.69, 9.17) is 11.6 Å². The van der Waals surface area contributed by atoms with Crippen molar-refractivity contribution in [2.45, 2.75) is 6.42 Å². The van der Waals surface area contributed by atoms with Gasteiger partial charge in [-0.25, -0.2) is 0 Å². The van der Waals surface area contributed by atoms with E-state index >= 15 is 0 Å². The van der Waals surface area contributed by atoms with Crippen LogP contribution in [0.5, 0.6) is 0 Å². The Labute approximate surface area is 152 Å². The molecule has 0 aliphatic carbocycles. The molecule has 1 fully saturated rings. The fourth-order valence-electron chi connectivity index (χ4n) is 3.39. The minimum absolute atomic E-state index is 0.195. The molecule has 1 aliphatic rings. The van der Waals surface area contributed by atoms with Crippen LogP contribution in [-0.2, 0) is 11.2 Å². The van der Waals surface area contributed by atoms with Crippen LogP contribution < -0.4 is 4.90 Å². The lowest BCUT2D eigenvalue weighted by Gasteiger charge is -2.36. The Morgan fingerprint density at radius 3 is 2.68 bits per heavy atom. The van der Waals surface area contributed by atoms with Crippen LogP contribution in [-0.4, -0.2) is 42.0 Å². The summed E-state index contributed by atoms with van der Waals surface area (Å²) in [5.74, 6) is 0.195. The van der Waals surface area contributed by atoms with E-state index in [1.54, 1.807) is 0 Å². The number of aromatic amines is 1. The van der Waals surface area contributed by atoms with E-state index in [9.17, 15) is 4.79 Å². The van der Waals surface area contributed by atoms with E-state index in [1.807, 2.05) is 47.5 Å². The first kappa shape index (κ1) is 16.0. The number of carbonyl (C=O) groups excluding carboxylic acids is 1.